The number of carbonyl (C=O) groups is 1. The standard InChI is InChI=1S/C27H29N5O3/c1-3-16-35-21-11-10-20(17-22(21)34-2)26-23-24(19-8-5-4-6-9-19)29-30-25(23)27(33)32(26)14-7-13-31-15-12-28-18-31/h4-6,8-12,15,17-18,26H,3,7,13-14,16H2,1-2H3,(H,29,30). The summed E-state index contributed by atoms with van der Waals surface area (Å²) in [6, 6.07) is 15.6. The topological polar surface area (TPSA) is 85.3 Å². The van der Waals surface area contributed by atoms with E-state index >= 15 is 0 Å². The number of hydrogen-bond donors (Lipinski definition) is 1. The van der Waals surface area contributed by atoms with E-state index in [-0.39, 0.29) is 11.9 Å². The van der Waals surface area contributed by atoms with Gasteiger partial charge in [-0.25, -0.2) is 4.98 Å². The van der Waals surface area contributed by atoms with Crippen LogP contribution in [0.15, 0.2) is 67.3 Å². The van der Waals surface area contributed by atoms with E-state index in [1.807, 2.05) is 64.2 Å². The van der Waals surface area contributed by atoms with Crippen LogP contribution in [0, 0.1) is 0 Å². The molecule has 4 aromatic rings. The highest BCUT2D eigenvalue weighted by atomic mass is 16.5. The maximum atomic E-state index is 13.6. The molecule has 2 aromatic carbocycles. The van der Waals surface area contributed by atoms with Gasteiger partial charge in [0.15, 0.2) is 11.5 Å². The first kappa shape index (κ1) is 22.7. The van der Waals surface area contributed by atoms with Crippen molar-refractivity contribution in [3.63, 3.8) is 0 Å². The number of nitrogens with zero attached hydrogens (tertiary/aromatic N) is 4. The van der Waals surface area contributed by atoms with Crippen LogP contribution in [0.3, 0.4) is 0 Å². The Labute approximate surface area is 204 Å². The quantitative estimate of drug-likeness (QED) is 0.362. The van der Waals surface area contributed by atoms with Crippen molar-refractivity contribution in [2.75, 3.05) is 20.3 Å². The van der Waals surface area contributed by atoms with E-state index in [9.17, 15) is 4.79 Å². The van der Waals surface area contributed by atoms with Crippen molar-refractivity contribution in [2.45, 2.75) is 32.4 Å². The highest BCUT2D eigenvalue weighted by Gasteiger charge is 2.42. The fourth-order valence-electron chi connectivity index (χ4n) is 4.62. The fraction of sp³-hybridized carbons (Fsp3) is 0.296. The number of benzene rings is 2. The van der Waals surface area contributed by atoms with Gasteiger partial charge < -0.3 is 18.9 Å². The molecule has 0 fully saturated rings. The highest BCUT2D eigenvalue weighted by Crippen LogP contribution is 2.44. The Kier molecular flexibility index (Phi) is 6.52. The lowest BCUT2D eigenvalue weighted by Gasteiger charge is -2.27. The number of imidazole rings is 1. The molecular weight excluding hydrogens is 442 g/mol. The molecule has 0 radical (unpaired) electrons. The second kappa shape index (κ2) is 10.0. The van der Waals surface area contributed by atoms with Crippen LogP contribution in [0.1, 0.15) is 47.4 Å². The number of ether oxygens (including phenoxy) is 2. The van der Waals surface area contributed by atoms with Gasteiger partial charge in [0.2, 0.25) is 0 Å². The largest absolute Gasteiger partial charge is 0.493 e. The van der Waals surface area contributed by atoms with Gasteiger partial charge in [0.1, 0.15) is 5.69 Å². The Morgan fingerprint density at radius 1 is 1.09 bits per heavy atom. The maximum Gasteiger partial charge on any atom is 0.273 e. The molecule has 1 aliphatic rings. The first-order valence-electron chi connectivity index (χ1n) is 11.9. The molecule has 8 nitrogen and oxygen atoms in total. The molecule has 1 N–H and O–H groups in total. The predicted octanol–water partition coefficient (Wildman–Crippen LogP) is 4.71. The number of nitrogens with one attached hydrogen (secondary N) is 1. The van der Waals surface area contributed by atoms with Crippen LogP contribution in [0.4, 0.5) is 0 Å². The Hall–Kier alpha value is -4.07. The minimum absolute atomic E-state index is 0.0458. The van der Waals surface area contributed by atoms with E-state index < -0.39 is 0 Å². The molecule has 1 unspecified atom stereocenters. The molecule has 1 amide bonds. The van der Waals surface area contributed by atoms with Crippen LogP contribution in [0.25, 0.3) is 11.3 Å². The first-order valence-corrected chi connectivity index (χ1v) is 11.9. The Balaban J connectivity index is 1.53. The van der Waals surface area contributed by atoms with Crippen molar-refractivity contribution in [1.82, 2.24) is 24.6 Å². The van der Waals surface area contributed by atoms with Gasteiger partial charge in [-0.05, 0) is 30.5 Å². The van der Waals surface area contributed by atoms with Crippen LogP contribution in [0.5, 0.6) is 11.5 Å². The highest BCUT2D eigenvalue weighted by molar-refractivity contribution is 6.00. The van der Waals surface area contributed by atoms with E-state index in [2.05, 4.69) is 22.1 Å². The molecule has 1 atom stereocenters. The fourth-order valence-corrected chi connectivity index (χ4v) is 4.62. The number of amides is 1. The van der Waals surface area contributed by atoms with E-state index in [0.29, 0.717) is 30.3 Å². The lowest BCUT2D eigenvalue weighted by Crippen LogP contribution is -2.31. The zero-order valence-electron chi connectivity index (χ0n) is 20.0. The van der Waals surface area contributed by atoms with Gasteiger partial charge in [0.05, 0.1) is 31.8 Å². The third-order valence-electron chi connectivity index (χ3n) is 6.25. The SMILES string of the molecule is CCCOc1ccc(C2c3c(-c4ccccc4)n[nH]c3C(=O)N2CCCn2ccnc2)cc1OC. The van der Waals surface area contributed by atoms with E-state index in [4.69, 9.17) is 9.47 Å². The summed E-state index contributed by atoms with van der Waals surface area (Å²) in [6.45, 7) is 4.05. The maximum absolute atomic E-state index is 13.6. The van der Waals surface area contributed by atoms with Crippen molar-refractivity contribution < 1.29 is 14.3 Å². The number of aromatic nitrogens is 4. The number of carbonyl (C=O) groups excluding carboxylic acids is 1. The third kappa shape index (κ3) is 4.39. The number of fused-ring (bicyclic) bond motifs is 1. The van der Waals surface area contributed by atoms with E-state index in [1.54, 1.807) is 19.6 Å². The zero-order valence-corrected chi connectivity index (χ0v) is 20.0. The number of hydrogen-bond acceptors (Lipinski definition) is 5. The van der Waals surface area contributed by atoms with Crippen molar-refractivity contribution in [2.24, 2.45) is 0 Å². The Bertz CT molecular complexity index is 1280. The molecular formula is C27H29N5O3. The number of aromatic amines is 1. The van der Waals surface area contributed by atoms with Crippen LogP contribution in [0.2, 0.25) is 0 Å². The monoisotopic (exact) mass is 471 g/mol. The normalized spacial score (nSPS) is 14.9. The predicted molar refractivity (Wildman–Crippen MR) is 133 cm³/mol. The molecule has 0 aliphatic carbocycles. The minimum Gasteiger partial charge on any atom is -0.493 e. The molecule has 0 saturated carbocycles. The van der Waals surface area contributed by atoms with Crippen molar-refractivity contribution in [1.29, 1.82) is 0 Å². The van der Waals surface area contributed by atoms with Crippen LogP contribution in [-0.2, 0) is 6.54 Å². The second-order valence-electron chi connectivity index (χ2n) is 8.54. The molecule has 180 valence electrons. The van der Waals surface area contributed by atoms with Gasteiger partial charge in [0.25, 0.3) is 5.91 Å². The summed E-state index contributed by atoms with van der Waals surface area (Å²) in [5.41, 5.74) is 4.16. The summed E-state index contributed by atoms with van der Waals surface area (Å²) < 4.78 is 13.5. The molecule has 2 aromatic heterocycles. The molecule has 0 bridgehead atoms. The third-order valence-corrected chi connectivity index (χ3v) is 6.25. The molecule has 0 spiro atoms. The molecule has 1 aliphatic heterocycles. The first-order chi connectivity index (χ1) is 17.2. The summed E-state index contributed by atoms with van der Waals surface area (Å²) in [5.74, 6) is 1.31. The Morgan fingerprint density at radius 3 is 2.69 bits per heavy atom. The van der Waals surface area contributed by atoms with Gasteiger partial charge in [-0.3, -0.25) is 9.89 Å². The van der Waals surface area contributed by atoms with Crippen molar-refractivity contribution in [3.05, 3.63) is 84.1 Å². The van der Waals surface area contributed by atoms with E-state index in [0.717, 1.165) is 41.8 Å². The van der Waals surface area contributed by atoms with Crippen molar-refractivity contribution in [3.8, 4) is 22.8 Å². The molecule has 3 heterocycles. The van der Waals surface area contributed by atoms with Gasteiger partial charge >= 0.3 is 0 Å². The summed E-state index contributed by atoms with van der Waals surface area (Å²) in [6.07, 6.45) is 7.20. The number of methoxy groups -OCH3 is 1. The number of H-pyrrole nitrogens is 1. The Morgan fingerprint density at radius 2 is 1.94 bits per heavy atom. The minimum atomic E-state index is -0.289. The molecule has 5 rings (SSSR count). The summed E-state index contributed by atoms with van der Waals surface area (Å²) in [4.78, 5) is 19.6. The number of rotatable bonds is 10. The summed E-state index contributed by atoms with van der Waals surface area (Å²) in [5, 5.41) is 7.57. The summed E-state index contributed by atoms with van der Waals surface area (Å²) >= 11 is 0. The molecule has 35 heavy (non-hydrogen) atoms. The smallest absolute Gasteiger partial charge is 0.273 e. The van der Waals surface area contributed by atoms with Crippen LogP contribution in [-0.4, -0.2) is 50.8 Å². The van der Waals surface area contributed by atoms with Gasteiger partial charge in [-0.2, -0.15) is 5.10 Å². The van der Waals surface area contributed by atoms with Gasteiger partial charge in [-0.1, -0.05) is 43.3 Å². The van der Waals surface area contributed by atoms with Crippen molar-refractivity contribution >= 4 is 5.91 Å². The lowest BCUT2D eigenvalue weighted by molar-refractivity contribution is 0.0739. The van der Waals surface area contributed by atoms with Gasteiger partial charge in [0, 0.05) is 36.6 Å². The van der Waals surface area contributed by atoms with Gasteiger partial charge in [-0.15, -0.1) is 0 Å². The molecule has 8 heteroatoms. The molecule has 0 saturated heterocycles. The zero-order chi connectivity index (χ0) is 24.2. The average molecular weight is 472 g/mol. The van der Waals surface area contributed by atoms with E-state index in [1.165, 1.54) is 0 Å². The summed E-state index contributed by atoms with van der Waals surface area (Å²) in [7, 11) is 1.64. The van der Waals surface area contributed by atoms with Crippen LogP contribution < -0.4 is 9.47 Å². The second-order valence-corrected chi connectivity index (χ2v) is 8.54. The van der Waals surface area contributed by atoms with Crippen LogP contribution >= 0.6 is 0 Å². The lowest BCUT2D eigenvalue weighted by atomic mass is 9.95. The average Bonchev–Trinajstić information content (AvgIpc) is 3.62. The number of aryl methyl sites for hydroxylation is 1.